The van der Waals surface area contributed by atoms with E-state index in [0.717, 1.165) is 0 Å². The zero-order valence-corrected chi connectivity index (χ0v) is 12.7. The Kier molecular flexibility index (Phi) is 6.36. The predicted molar refractivity (Wildman–Crippen MR) is 76.8 cm³/mol. The van der Waals surface area contributed by atoms with Crippen molar-refractivity contribution in [1.29, 1.82) is 0 Å². The molecule has 0 unspecified atom stereocenters. The Morgan fingerprint density at radius 3 is 2.14 bits per heavy atom. The van der Waals surface area contributed by atoms with E-state index in [4.69, 9.17) is 19.9 Å². The van der Waals surface area contributed by atoms with Crippen molar-refractivity contribution in [2.75, 3.05) is 34.4 Å². The van der Waals surface area contributed by atoms with Crippen LogP contribution in [0.5, 0.6) is 17.2 Å². The summed E-state index contributed by atoms with van der Waals surface area (Å²) in [6, 6.07) is 3.17. The number of carbonyl (C=O) groups excluding carboxylic acids is 1. The standard InChI is InChI=1S/C14H20F2N2O4/c1-20-10-4-9(5-11(21-2)13(10)22-3)6-12(19)18-8-14(15,16)7-17/h4-5H,6-8,17H2,1-3H3,(H,18,19). The lowest BCUT2D eigenvalue weighted by Gasteiger charge is -2.16. The van der Waals surface area contributed by atoms with Crippen LogP contribution in [0.3, 0.4) is 0 Å². The molecule has 3 N–H and O–H groups in total. The van der Waals surface area contributed by atoms with E-state index >= 15 is 0 Å². The van der Waals surface area contributed by atoms with Crippen molar-refractivity contribution in [3.05, 3.63) is 17.7 Å². The van der Waals surface area contributed by atoms with Crippen LogP contribution in [0.15, 0.2) is 12.1 Å². The van der Waals surface area contributed by atoms with E-state index in [1.165, 1.54) is 21.3 Å². The van der Waals surface area contributed by atoms with Crippen LogP contribution in [0.25, 0.3) is 0 Å². The second-order valence-electron chi connectivity index (χ2n) is 4.55. The minimum atomic E-state index is -3.12. The molecule has 124 valence electrons. The number of ether oxygens (including phenoxy) is 3. The Morgan fingerprint density at radius 1 is 1.18 bits per heavy atom. The van der Waals surface area contributed by atoms with Crippen molar-refractivity contribution in [3.8, 4) is 17.2 Å². The van der Waals surface area contributed by atoms with Gasteiger partial charge < -0.3 is 25.3 Å². The summed E-state index contributed by atoms with van der Waals surface area (Å²) in [5, 5.41) is 2.14. The second kappa shape index (κ2) is 7.79. The number of hydrogen-bond acceptors (Lipinski definition) is 5. The van der Waals surface area contributed by atoms with Crippen LogP contribution in [0, 0.1) is 0 Å². The molecule has 0 spiro atoms. The van der Waals surface area contributed by atoms with Crippen LogP contribution in [-0.2, 0) is 11.2 Å². The van der Waals surface area contributed by atoms with Gasteiger partial charge in [-0.2, -0.15) is 0 Å². The number of benzene rings is 1. The van der Waals surface area contributed by atoms with Crippen LogP contribution < -0.4 is 25.3 Å². The maximum atomic E-state index is 13.0. The molecule has 0 radical (unpaired) electrons. The number of nitrogens with two attached hydrogens (primary N) is 1. The summed E-state index contributed by atoms with van der Waals surface area (Å²) in [5.41, 5.74) is 5.45. The highest BCUT2D eigenvalue weighted by Crippen LogP contribution is 2.38. The van der Waals surface area contributed by atoms with Crippen LogP contribution in [0.4, 0.5) is 8.78 Å². The molecule has 0 saturated heterocycles. The summed E-state index contributed by atoms with van der Waals surface area (Å²) >= 11 is 0. The monoisotopic (exact) mass is 318 g/mol. The molecule has 0 fully saturated rings. The van der Waals surface area contributed by atoms with Crippen LogP contribution in [0.2, 0.25) is 0 Å². The van der Waals surface area contributed by atoms with E-state index in [1.807, 2.05) is 0 Å². The third-order valence-corrected chi connectivity index (χ3v) is 2.93. The second-order valence-corrected chi connectivity index (χ2v) is 4.55. The zero-order chi connectivity index (χ0) is 16.8. The van der Waals surface area contributed by atoms with Gasteiger partial charge in [0.05, 0.1) is 40.8 Å². The largest absolute Gasteiger partial charge is 0.493 e. The normalized spacial score (nSPS) is 11.0. The van der Waals surface area contributed by atoms with Crippen molar-refractivity contribution in [1.82, 2.24) is 5.32 Å². The molecule has 0 bridgehead atoms. The molecule has 1 aromatic carbocycles. The first-order chi connectivity index (χ1) is 10.4. The molecule has 0 heterocycles. The van der Waals surface area contributed by atoms with Gasteiger partial charge in [0.1, 0.15) is 0 Å². The highest BCUT2D eigenvalue weighted by atomic mass is 19.3. The molecule has 0 aliphatic rings. The molecule has 6 nitrogen and oxygen atoms in total. The lowest BCUT2D eigenvalue weighted by molar-refractivity contribution is -0.122. The minimum absolute atomic E-state index is 0.0998. The summed E-state index contributed by atoms with van der Waals surface area (Å²) in [7, 11) is 4.35. The van der Waals surface area contributed by atoms with E-state index in [9.17, 15) is 13.6 Å². The SMILES string of the molecule is COc1cc(CC(=O)NCC(F)(F)CN)cc(OC)c1OC. The molecular weight excluding hydrogens is 298 g/mol. The first-order valence-corrected chi connectivity index (χ1v) is 6.50. The Morgan fingerprint density at radius 2 is 1.73 bits per heavy atom. The lowest BCUT2D eigenvalue weighted by atomic mass is 10.1. The number of amides is 1. The van der Waals surface area contributed by atoms with Gasteiger partial charge in [0, 0.05) is 0 Å². The van der Waals surface area contributed by atoms with E-state index in [2.05, 4.69) is 5.32 Å². The van der Waals surface area contributed by atoms with Gasteiger partial charge in [-0.25, -0.2) is 8.78 Å². The van der Waals surface area contributed by atoms with Gasteiger partial charge in [0.25, 0.3) is 5.92 Å². The molecule has 0 saturated carbocycles. The van der Waals surface area contributed by atoms with Gasteiger partial charge >= 0.3 is 0 Å². The highest BCUT2D eigenvalue weighted by Gasteiger charge is 2.27. The van der Waals surface area contributed by atoms with Crippen LogP contribution in [-0.4, -0.2) is 46.2 Å². The average molecular weight is 318 g/mol. The molecule has 1 aromatic rings. The number of nitrogens with one attached hydrogen (secondary N) is 1. The average Bonchev–Trinajstić information content (AvgIpc) is 2.52. The fourth-order valence-corrected chi connectivity index (χ4v) is 1.79. The summed E-state index contributed by atoms with van der Waals surface area (Å²) in [6.45, 7) is -1.62. The van der Waals surface area contributed by atoms with Crippen molar-refractivity contribution in [2.45, 2.75) is 12.3 Å². The molecule has 22 heavy (non-hydrogen) atoms. The Labute approximate surface area is 127 Å². The first kappa shape index (κ1) is 18.0. The summed E-state index contributed by atoms with van der Waals surface area (Å²) in [4.78, 5) is 11.7. The molecule has 0 atom stereocenters. The highest BCUT2D eigenvalue weighted by molar-refractivity contribution is 5.79. The van der Waals surface area contributed by atoms with Crippen molar-refractivity contribution < 1.29 is 27.8 Å². The third-order valence-electron chi connectivity index (χ3n) is 2.93. The molecule has 1 rings (SSSR count). The Balaban J connectivity index is 2.83. The smallest absolute Gasteiger partial charge is 0.277 e. The number of methoxy groups -OCH3 is 3. The van der Waals surface area contributed by atoms with Crippen molar-refractivity contribution in [3.63, 3.8) is 0 Å². The van der Waals surface area contributed by atoms with E-state index in [1.54, 1.807) is 12.1 Å². The van der Waals surface area contributed by atoms with Crippen molar-refractivity contribution >= 4 is 5.91 Å². The number of halogens is 2. The summed E-state index contributed by atoms with van der Waals surface area (Å²) in [5.74, 6) is -2.51. The predicted octanol–water partition coefficient (Wildman–Crippen LogP) is 0.965. The maximum absolute atomic E-state index is 13.0. The Hall–Kier alpha value is -2.09. The maximum Gasteiger partial charge on any atom is 0.277 e. The lowest BCUT2D eigenvalue weighted by Crippen LogP contribution is -2.42. The fourth-order valence-electron chi connectivity index (χ4n) is 1.79. The van der Waals surface area contributed by atoms with E-state index in [0.29, 0.717) is 22.8 Å². The molecule has 0 aliphatic heterocycles. The van der Waals surface area contributed by atoms with Gasteiger partial charge in [0.15, 0.2) is 11.5 Å². The van der Waals surface area contributed by atoms with Gasteiger partial charge in [0.2, 0.25) is 11.7 Å². The third kappa shape index (κ3) is 4.73. The van der Waals surface area contributed by atoms with Gasteiger partial charge in [-0.15, -0.1) is 0 Å². The molecule has 0 aliphatic carbocycles. The summed E-state index contributed by atoms with van der Waals surface area (Å²) < 4.78 is 41.5. The fraction of sp³-hybridized carbons (Fsp3) is 0.500. The number of rotatable bonds is 8. The van der Waals surface area contributed by atoms with Gasteiger partial charge in [-0.3, -0.25) is 4.79 Å². The Bertz CT molecular complexity index is 499. The molecule has 1 amide bonds. The molecule has 8 heteroatoms. The minimum Gasteiger partial charge on any atom is -0.493 e. The van der Waals surface area contributed by atoms with Crippen molar-refractivity contribution in [2.24, 2.45) is 5.73 Å². The zero-order valence-electron chi connectivity index (χ0n) is 12.7. The number of alkyl halides is 2. The summed E-state index contributed by atoms with van der Waals surface area (Å²) in [6.07, 6.45) is -0.0998. The van der Waals surface area contributed by atoms with Crippen LogP contribution >= 0.6 is 0 Å². The number of hydrogen-bond donors (Lipinski definition) is 2. The number of carbonyl (C=O) groups is 1. The van der Waals surface area contributed by atoms with Gasteiger partial charge in [-0.05, 0) is 17.7 Å². The topological polar surface area (TPSA) is 82.8 Å². The van der Waals surface area contributed by atoms with Gasteiger partial charge in [-0.1, -0.05) is 0 Å². The molecule has 0 aromatic heterocycles. The first-order valence-electron chi connectivity index (χ1n) is 6.50. The van der Waals surface area contributed by atoms with E-state index in [-0.39, 0.29) is 6.42 Å². The quantitative estimate of drug-likeness (QED) is 0.746. The van der Waals surface area contributed by atoms with E-state index < -0.39 is 24.9 Å². The molecular formula is C14H20F2N2O4. The van der Waals surface area contributed by atoms with Crippen LogP contribution in [0.1, 0.15) is 5.56 Å².